The van der Waals surface area contributed by atoms with Crippen molar-refractivity contribution in [2.75, 3.05) is 0 Å². The van der Waals surface area contributed by atoms with Crippen LogP contribution in [-0.4, -0.2) is 24.0 Å². The van der Waals surface area contributed by atoms with E-state index in [1.54, 1.807) is 24.3 Å². The minimum atomic E-state index is -0.310. The molecule has 2 saturated heterocycles. The number of halogens is 2. The number of carbonyl (C=O) groups is 1. The molecule has 7 heteroatoms. The Morgan fingerprint density at radius 2 is 1.85 bits per heavy atom. The van der Waals surface area contributed by atoms with Crippen LogP contribution in [-0.2, 0) is 6.61 Å². The SMILES string of the molecule is Cl.O=C(NC1CC2CCC(C1)N2)c1ccc(COc2ccc(F)cc2)o1. The Balaban J connectivity index is 0.00000196. The lowest BCUT2D eigenvalue weighted by Gasteiger charge is -2.29. The molecule has 3 heterocycles. The first-order chi connectivity index (χ1) is 12.2. The minimum absolute atomic E-state index is 0. The van der Waals surface area contributed by atoms with Gasteiger partial charge in [-0.1, -0.05) is 0 Å². The highest BCUT2D eigenvalue weighted by Gasteiger charge is 2.34. The van der Waals surface area contributed by atoms with E-state index in [-0.39, 0.29) is 36.8 Å². The van der Waals surface area contributed by atoms with E-state index in [4.69, 9.17) is 9.15 Å². The van der Waals surface area contributed by atoms with E-state index in [9.17, 15) is 9.18 Å². The summed E-state index contributed by atoms with van der Waals surface area (Å²) < 4.78 is 24.0. The number of rotatable bonds is 5. The van der Waals surface area contributed by atoms with Crippen LogP contribution in [0.2, 0.25) is 0 Å². The van der Waals surface area contributed by atoms with Crippen molar-refractivity contribution >= 4 is 18.3 Å². The van der Waals surface area contributed by atoms with Crippen molar-refractivity contribution in [1.82, 2.24) is 10.6 Å². The van der Waals surface area contributed by atoms with Crippen molar-refractivity contribution in [2.45, 2.75) is 50.4 Å². The third-order valence-corrected chi connectivity index (χ3v) is 4.89. The normalized spacial score (nSPS) is 24.0. The van der Waals surface area contributed by atoms with Crippen LogP contribution in [0.3, 0.4) is 0 Å². The van der Waals surface area contributed by atoms with Crippen LogP contribution in [0, 0.1) is 5.82 Å². The van der Waals surface area contributed by atoms with Gasteiger partial charge in [0.15, 0.2) is 5.76 Å². The van der Waals surface area contributed by atoms with Crippen LogP contribution < -0.4 is 15.4 Å². The molecule has 5 nitrogen and oxygen atoms in total. The molecule has 0 saturated carbocycles. The highest BCUT2D eigenvalue weighted by molar-refractivity contribution is 5.91. The Morgan fingerprint density at radius 1 is 1.15 bits per heavy atom. The van der Waals surface area contributed by atoms with E-state index in [0.29, 0.717) is 29.4 Å². The van der Waals surface area contributed by atoms with Gasteiger partial charge in [0.1, 0.15) is 23.9 Å². The summed E-state index contributed by atoms with van der Waals surface area (Å²) in [5, 5.41) is 6.63. The molecule has 1 amide bonds. The Labute approximate surface area is 157 Å². The number of fused-ring (bicyclic) bond motifs is 2. The van der Waals surface area contributed by atoms with Crippen LogP contribution in [0.5, 0.6) is 5.75 Å². The number of nitrogens with one attached hydrogen (secondary N) is 2. The first-order valence-electron chi connectivity index (χ1n) is 8.70. The van der Waals surface area contributed by atoms with Crippen molar-refractivity contribution in [2.24, 2.45) is 0 Å². The van der Waals surface area contributed by atoms with Crippen molar-refractivity contribution in [3.63, 3.8) is 0 Å². The van der Waals surface area contributed by atoms with Crippen molar-refractivity contribution in [1.29, 1.82) is 0 Å². The first kappa shape index (κ1) is 18.7. The van der Waals surface area contributed by atoms with E-state index < -0.39 is 0 Å². The van der Waals surface area contributed by atoms with Crippen molar-refractivity contribution in [3.8, 4) is 5.75 Å². The number of benzene rings is 1. The second kappa shape index (κ2) is 8.10. The molecule has 1 aromatic heterocycles. The van der Waals surface area contributed by atoms with Gasteiger partial charge in [0.05, 0.1) is 0 Å². The van der Waals surface area contributed by atoms with E-state index in [1.807, 2.05) is 0 Å². The van der Waals surface area contributed by atoms with Gasteiger partial charge in [0.2, 0.25) is 0 Å². The van der Waals surface area contributed by atoms with Crippen molar-refractivity contribution in [3.05, 3.63) is 53.7 Å². The monoisotopic (exact) mass is 380 g/mol. The molecule has 4 rings (SSSR count). The Hall–Kier alpha value is -2.05. The lowest BCUT2D eigenvalue weighted by Crippen LogP contribution is -2.47. The zero-order valence-corrected chi connectivity index (χ0v) is 15.1. The van der Waals surface area contributed by atoms with Gasteiger partial charge in [-0.25, -0.2) is 4.39 Å². The first-order valence-corrected chi connectivity index (χ1v) is 8.70. The quantitative estimate of drug-likeness (QED) is 0.834. The van der Waals surface area contributed by atoms with E-state index in [1.165, 1.54) is 25.0 Å². The molecule has 140 valence electrons. The van der Waals surface area contributed by atoms with Crippen LogP contribution in [0.25, 0.3) is 0 Å². The second-order valence-electron chi connectivity index (χ2n) is 6.79. The number of amides is 1. The maximum absolute atomic E-state index is 12.9. The minimum Gasteiger partial charge on any atom is -0.486 e. The number of hydrogen-bond acceptors (Lipinski definition) is 4. The fraction of sp³-hybridized carbons (Fsp3) is 0.421. The molecule has 1 aromatic carbocycles. The fourth-order valence-electron chi connectivity index (χ4n) is 3.69. The molecule has 26 heavy (non-hydrogen) atoms. The van der Waals surface area contributed by atoms with Crippen LogP contribution in [0.4, 0.5) is 4.39 Å². The van der Waals surface area contributed by atoms with Gasteiger partial charge in [0, 0.05) is 18.1 Å². The largest absolute Gasteiger partial charge is 0.486 e. The topological polar surface area (TPSA) is 63.5 Å². The average Bonchev–Trinajstić information content (AvgIpc) is 3.21. The standard InChI is InChI=1S/C19H21FN2O3.ClH/c20-12-1-5-16(6-2-12)24-11-17-7-8-18(25-17)19(23)22-15-9-13-3-4-14(10-15)21-13;/h1-2,5-8,13-15,21H,3-4,9-11H2,(H,22,23);1H. The molecule has 2 aliphatic rings. The number of hydrogen-bond donors (Lipinski definition) is 2. The molecule has 2 aromatic rings. The van der Waals surface area contributed by atoms with Gasteiger partial charge in [-0.2, -0.15) is 0 Å². The molecule has 2 atom stereocenters. The summed E-state index contributed by atoms with van der Waals surface area (Å²) in [5.74, 6) is 0.910. The third-order valence-electron chi connectivity index (χ3n) is 4.89. The summed E-state index contributed by atoms with van der Waals surface area (Å²) in [6.07, 6.45) is 4.35. The number of furan rings is 1. The summed E-state index contributed by atoms with van der Waals surface area (Å²) in [4.78, 5) is 12.4. The zero-order chi connectivity index (χ0) is 17.2. The highest BCUT2D eigenvalue weighted by atomic mass is 35.5. The second-order valence-corrected chi connectivity index (χ2v) is 6.79. The lowest BCUT2D eigenvalue weighted by molar-refractivity contribution is 0.0891. The predicted molar refractivity (Wildman–Crippen MR) is 97.1 cm³/mol. The van der Waals surface area contributed by atoms with Gasteiger partial charge in [0.25, 0.3) is 5.91 Å². The molecule has 2 bridgehead atoms. The number of carbonyl (C=O) groups excluding carboxylic acids is 1. The number of piperidine rings is 1. The van der Waals surface area contributed by atoms with Gasteiger partial charge in [-0.3, -0.25) is 4.79 Å². The Bertz CT molecular complexity index is 737. The molecular weight excluding hydrogens is 359 g/mol. The smallest absolute Gasteiger partial charge is 0.287 e. The van der Waals surface area contributed by atoms with Gasteiger partial charge in [-0.15, -0.1) is 12.4 Å². The summed E-state index contributed by atoms with van der Waals surface area (Å²) in [6.45, 7) is 0.191. The van der Waals surface area contributed by atoms with E-state index in [2.05, 4.69) is 10.6 Å². The maximum Gasteiger partial charge on any atom is 0.287 e. The average molecular weight is 381 g/mol. The van der Waals surface area contributed by atoms with E-state index in [0.717, 1.165) is 12.8 Å². The fourth-order valence-corrected chi connectivity index (χ4v) is 3.69. The molecule has 2 aliphatic heterocycles. The summed E-state index contributed by atoms with van der Waals surface area (Å²) in [7, 11) is 0. The maximum atomic E-state index is 12.9. The third kappa shape index (κ3) is 4.37. The predicted octanol–water partition coefficient (Wildman–Crippen LogP) is 3.43. The Kier molecular flexibility index (Phi) is 5.84. The van der Waals surface area contributed by atoms with Gasteiger partial charge < -0.3 is 19.8 Å². The molecule has 0 radical (unpaired) electrons. The van der Waals surface area contributed by atoms with Gasteiger partial charge in [-0.05, 0) is 62.1 Å². The summed E-state index contributed by atoms with van der Waals surface area (Å²) in [5.41, 5.74) is 0. The van der Waals surface area contributed by atoms with E-state index >= 15 is 0 Å². The lowest BCUT2D eigenvalue weighted by atomic mass is 10.00. The molecule has 0 aliphatic carbocycles. The van der Waals surface area contributed by atoms with Crippen LogP contribution in [0.15, 0.2) is 40.8 Å². The molecule has 2 unspecified atom stereocenters. The summed E-state index contributed by atoms with van der Waals surface area (Å²) in [6, 6.07) is 10.4. The molecular formula is C19H22ClFN2O3. The number of ether oxygens (including phenoxy) is 1. The van der Waals surface area contributed by atoms with Crippen LogP contribution >= 0.6 is 12.4 Å². The van der Waals surface area contributed by atoms with Crippen LogP contribution in [0.1, 0.15) is 42.0 Å². The summed E-state index contributed by atoms with van der Waals surface area (Å²) >= 11 is 0. The van der Waals surface area contributed by atoms with Crippen molar-refractivity contribution < 1.29 is 18.3 Å². The highest BCUT2D eigenvalue weighted by Crippen LogP contribution is 2.27. The molecule has 0 spiro atoms. The Morgan fingerprint density at radius 3 is 2.54 bits per heavy atom. The zero-order valence-electron chi connectivity index (χ0n) is 14.2. The molecule has 2 N–H and O–H groups in total. The van der Waals surface area contributed by atoms with Gasteiger partial charge >= 0.3 is 0 Å². The molecule has 2 fully saturated rings.